The molecule has 0 unspecified atom stereocenters. The van der Waals surface area contributed by atoms with E-state index in [1.165, 1.54) is 11.3 Å². The number of ether oxygens (including phenoxy) is 2. The maximum Gasteiger partial charge on any atom is 0.278 e. The second-order valence-electron chi connectivity index (χ2n) is 2.80. The minimum absolute atomic E-state index is 0.548. The summed E-state index contributed by atoms with van der Waals surface area (Å²) in [5.41, 5.74) is 6.29. The Bertz CT molecular complexity index is 443. The van der Waals surface area contributed by atoms with E-state index in [1.807, 2.05) is 5.38 Å². The first-order valence-corrected chi connectivity index (χ1v) is 5.18. The summed E-state index contributed by atoms with van der Waals surface area (Å²) in [4.78, 5) is 4.01. The van der Waals surface area contributed by atoms with Crippen LogP contribution in [-0.4, -0.2) is 12.1 Å². The highest BCUT2D eigenvalue weighted by molar-refractivity contribution is 7.11. The van der Waals surface area contributed by atoms with Crippen LogP contribution < -0.4 is 15.2 Å². The Morgan fingerprint density at radius 2 is 2.27 bits per heavy atom. The van der Waals surface area contributed by atoms with Gasteiger partial charge < -0.3 is 15.2 Å². The molecule has 1 aromatic heterocycles. The first-order valence-electron chi connectivity index (χ1n) is 4.30. The number of methoxy groups -OCH3 is 1. The summed E-state index contributed by atoms with van der Waals surface area (Å²) < 4.78 is 10.5. The molecule has 1 aromatic carbocycles. The Morgan fingerprint density at radius 1 is 1.40 bits per heavy atom. The van der Waals surface area contributed by atoms with Gasteiger partial charge in [0, 0.05) is 17.6 Å². The molecule has 0 saturated heterocycles. The van der Waals surface area contributed by atoms with E-state index in [4.69, 9.17) is 15.2 Å². The lowest BCUT2D eigenvalue weighted by Gasteiger charge is -2.06. The van der Waals surface area contributed by atoms with Crippen molar-refractivity contribution in [3.63, 3.8) is 0 Å². The summed E-state index contributed by atoms with van der Waals surface area (Å²) in [5, 5.41) is 2.45. The molecule has 15 heavy (non-hydrogen) atoms. The smallest absolute Gasteiger partial charge is 0.278 e. The van der Waals surface area contributed by atoms with E-state index in [0.29, 0.717) is 22.4 Å². The van der Waals surface area contributed by atoms with Crippen LogP contribution in [0.25, 0.3) is 0 Å². The number of benzene rings is 1. The predicted molar refractivity (Wildman–Crippen MR) is 59.6 cm³/mol. The predicted octanol–water partition coefficient (Wildman–Crippen LogP) is 2.53. The molecule has 1 heterocycles. The van der Waals surface area contributed by atoms with Gasteiger partial charge in [0.25, 0.3) is 5.19 Å². The Kier molecular flexibility index (Phi) is 2.73. The number of nitrogens with zero attached hydrogens (tertiary/aromatic N) is 1. The Labute approximate surface area is 91.3 Å². The molecule has 0 amide bonds. The highest BCUT2D eigenvalue weighted by Crippen LogP contribution is 2.29. The molecule has 0 aliphatic carbocycles. The highest BCUT2D eigenvalue weighted by Gasteiger charge is 2.03. The van der Waals surface area contributed by atoms with E-state index >= 15 is 0 Å². The second kappa shape index (κ2) is 4.18. The fraction of sp³-hybridized carbons (Fsp3) is 0.100. The van der Waals surface area contributed by atoms with E-state index < -0.39 is 0 Å². The molecule has 0 aliphatic heterocycles. The van der Waals surface area contributed by atoms with Crippen molar-refractivity contribution in [2.75, 3.05) is 12.8 Å². The zero-order valence-corrected chi connectivity index (χ0v) is 8.95. The number of aromatic nitrogens is 1. The van der Waals surface area contributed by atoms with Gasteiger partial charge in [0.15, 0.2) is 0 Å². The summed E-state index contributed by atoms with van der Waals surface area (Å²) in [6.45, 7) is 0. The number of rotatable bonds is 3. The summed E-state index contributed by atoms with van der Waals surface area (Å²) in [7, 11) is 1.58. The molecule has 0 saturated carbocycles. The fourth-order valence-electron chi connectivity index (χ4n) is 1.14. The lowest BCUT2D eigenvalue weighted by atomic mass is 10.3. The van der Waals surface area contributed by atoms with Crippen molar-refractivity contribution in [1.82, 2.24) is 4.98 Å². The molecule has 0 aliphatic rings. The van der Waals surface area contributed by atoms with Crippen LogP contribution in [0.2, 0.25) is 0 Å². The monoisotopic (exact) mass is 222 g/mol. The van der Waals surface area contributed by atoms with Crippen molar-refractivity contribution < 1.29 is 9.47 Å². The number of nitrogens with two attached hydrogens (primary N) is 1. The molecule has 2 aromatic rings. The van der Waals surface area contributed by atoms with Gasteiger partial charge in [-0.2, -0.15) is 0 Å². The Morgan fingerprint density at radius 3 is 2.87 bits per heavy atom. The van der Waals surface area contributed by atoms with Crippen LogP contribution in [0.1, 0.15) is 0 Å². The van der Waals surface area contributed by atoms with Crippen molar-refractivity contribution >= 4 is 17.0 Å². The van der Waals surface area contributed by atoms with Gasteiger partial charge in [0.05, 0.1) is 12.8 Å². The molecule has 0 fully saturated rings. The standard InChI is InChI=1S/C10H10N2O2S/c1-13-9-3-2-7(6-8(9)11)14-10-12-4-5-15-10/h2-6H,11H2,1H3. The molecule has 78 valence electrons. The minimum atomic E-state index is 0.548. The third-order valence-electron chi connectivity index (χ3n) is 1.82. The van der Waals surface area contributed by atoms with Crippen LogP contribution in [0.4, 0.5) is 5.69 Å². The SMILES string of the molecule is COc1ccc(Oc2nccs2)cc1N. The van der Waals surface area contributed by atoms with E-state index in [2.05, 4.69) is 4.98 Å². The van der Waals surface area contributed by atoms with Crippen molar-refractivity contribution in [2.24, 2.45) is 0 Å². The molecular formula is C10H10N2O2S. The first kappa shape index (κ1) is 9.79. The molecular weight excluding hydrogens is 212 g/mol. The molecule has 0 spiro atoms. The first-order chi connectivity index (χ1) is 7.29. The maximum atomic E-state index is 5.74. The lowest BCUT2D eigenvalue weighted by molar-refractivity contribution is 0.415. The van der Waals surface area contributed by atoms with Gasteiger partial charge in [-0.05, 0) is 12.1 Å². The van der Waals surface area contributed by atoms with Gasteiger partial charge in [0.1, 0.15) is 11.5 Å². The van der Waals surface area contributed by atoms with E-state index in [9.17, 15) is 0 Å². The molecule has 2 rings (SSSR count). The van der Waals surface area contributed by atoms with E-state index in [1.54, 1.807) is 31.5 Å². The molecule has 0 radical (unpaired) electrons. The zero-order chi connectivity index (χ0) is 10.7. The van der Waals surface area contributed by atoms with E-state index in [-0.39, 0.29) is 0 Å². The third kappa shape index (κ3) is 2.19. The largest absolute Gasteiger partial charge is 0.495 e. The average Bonchev–Trinajstić information content (AvgIpc) is 2.71. The quantitative estimate of drug-likeness (QED) is 0.811. The summed E-state index contributed by atoms with van der Waals surface area (Å²) >= 11 is 1.43. The topological polar surface area (TPSA) is 57.4 Å². The fourth-order valence-corrected chi connectivity index (χ4v) is 1.64. The van der Waals surface area contributed by atoms with Crippen molar-refractivity contribution in [3.8, 4) is 16.7 Å². The number of hydrogen-bond acceptors (Lipinski definition) is 5. The van der Waals surface area contributed by atoms with Crippen LogP contribution in [0.3, 0.4) is 0 Å². The van der Waals surface area contributed by atoms with Gasteiger partial charge in [-0.25, -0.2) is 4.98 Å². The van der Waals surface area contributed by atoms with E-state index in [0.717, 1.165) is 0 Å². The highest BCUT2D eigenvalue weighted by atomic mass is 32.1. The third-order valence-corrected chi connectivity index (χ3v) is 2.46. The maximum absolute atomic E-state index is 5.74. The molecule has 5 heteroatoms. The van der Waals surface area contributed by atoms with Crippen molar-refractivity contribution in [3.05, 3.63) is 29.8 Å². The average molecular weight is 222 g/mol. The minimum Gasteiger partial charge on any atom is -0.495 e. The molecule has 0 bridgehead atoms. The van der Waals surface area contributed by atoms with Crippen LogP contribution in [0, 0.1) is 0 Å². The van der Waals surface area contributed by atoms with Gasteiger partial charge in [-0.1, -0.05) is 11.3 Å². The Hall–Kier alpha value is -1.75. The number of thiazole rings is 1. The van der Waals surface area contributed by atoms with Crippen LogP contribution in [0.15, 0.2) is 29.8 Å². The summed E-state index contributed by atoms with van der Waals surface area (Å²) in [6.07, 6.45) is 1.69. The molecule has 2 N–H and O–H groups in total. The lowest BCUT2D eigenvalue weighted by Crippen LogP contribution is -1.92. The van der Waals surface area contributed by atoms with Crippen LogP contribution in [0.5, 0.6) is 16.7 Å². The van der Waals surface area contributed by atoms with Crippen molar-refractivity contribution in [1.29, 1.82) is 0 Å². The van der Waals surface area contributed by atoms with Crippen LogP contribution >= 0.6 is 11.3 Å². The Balaban J connectivity index is 2.20. The summed E-state index contributed by atoms with van der Waals surface area (Å²) in [5.74, 6) is 1.30. The number of anilines is 1. The number of nitrogen functional groups attached to an aromatic ring is 1. The molecule has 4 nitrogen and oxygen atoms in total. The van der Waals surface area contributed by atoms with Gasteiger partial charge in [-0.15, -0.1) is 0 Å². The number of hydrogen-bond donors (Lipinski definition) is 1. The van der Waals surface area contributed by atoms with Gasteiger partial charge in [0.2, 0.25) is 0 Å². The normalized spacial score (nSPS) is 9.93. The van der Waals surface area contributed by atoms with Crippen LogP contribution in [-0.2, 0) is 0 Å². The van der Waals surface area contributed by atoms with Crippen molar-refractivity contribution in [2.45, 2.75) is 0 Å². The molecule has 0 atom stereocenters. The second-order valence-corrected chi connectivity index (χ2v) is 3.66. The summed E-state index contributed by atoms with van der Waals surface area (Å²) in [6, 6.07) is 5.26. The zero-order valence-electron chi connectivity index (χ0n) is 8.14. The van der Waals surface area contributed by atoms with Gasteiger partial charge >= 0.3 is 0 Å². The van der Waals surface area contributed by atoms with Gasteiger partial charge in [-0.3, -0.25) is 0 Å².